The summed E-state index contributed by atoms with van der Waals surface area (Å²) in [4.78, 5) is 17.9. The first-order valence-electron chi connectivity index (χ1n) is 9.69. The SMILES string of the molecule is CC(C)(O)COc1cc(N2CCOCC2)cc(/C=N/Nc2cccc(C(N)=O)c2)n1. The van der Waals surface area contributed by atoms with Crippen LogP contribution in [0.25, 0.3) is 0 Å². The van der Waals surface area contributed by atoms with Crippen molar-refractivity contribution in [1.29, 1.82) is 0 Å². The number of nitrogens with one attached hydrogen (secondary N) is 1. The molecule has 0 bridgehead atoms. The molecule has 1 aliphatic rings. The second-order valence-electron chi connectivity index (χ2n) is 7.60. The van der Waals surface area contributed by atoms with Gasteiger partial charge in [-0.15, -0.1) is 0 Å². The summed E-state index contributed by atoms with van der Waals surface area (Å²) in [5, 5.41) is 14.2. The van der Waals surface area contributed by atoms with Crippen molar-refractivity contribution in [2.45, 2.75) is 19.4 Å². The van der Waals surface area contributed by atoms with Crippen molar-refractivity contribution in [3.05, 3.63) is 47.7 Å². The lowest BCUT2D eigenvalue weighted by Gasteiger charge is -2.29. The van der Waals surface area contributed by atoms with Gasteiger partial charge in [-0.3, -0.25) is 10.2 Å². The number of nitrogens with zero attached hydrogens (tertiary/aromatic N) is 3. The number of anilines is 2. The van der Waals surface area contributed by atoms with Crippen molar-refractivity contribution in [2.75, 3.05) is 43.2 Å². The summed E-state index contributed by atoms with van der Waals surface area (Å²) in [6, 6.07) is 10.5. The number of hydrogen-bond donors (Lipinski definition) is 3. The van der Waals surface area contributed by atoms with Crippen LogP contribution < -0.4 is 20.8 Å². The molecule has 1 saturated heterocycles. The third kappa shape index (κ3) is 6.43. The van der Waals surface area contributed by atoms with Crippen LogP contribution in [0.1, 0.15) is 29.9 Å². The highest BCUT2D eigenvalue weighted by Gasteiger charge is 2.17. The second-order valence-corrected chi connectivity index (χ2v) is 7.60. The number of ether oxygens (including phenoxy) is 2. The van der Waals surface area contributed by atoms with Gasteiger partial charge in [0.25, 0.3) is 0 Å². The van der Waals surface area contributed by atoms with Gasteiger partial charge in [-0.05, 0) is 38.1 Å². The van der Waals surface area contributed by atoms with E-state index in [2.05, 4.69) is 20.4 Å². The molecule has 3 rings (SSSR count). The van der Waals surface area contributed by atoms with Crippen LogP contribution in [0.15, 0.2) is 41.5 Å². The number of aliphatic hydroxyl groups is 1. The quantitative estimate of drug-likeness (QED) is 0.444. The molecular formula is C21H27N5O4. The maximum atomic E-state index is 11.3. The van der Waals surface area contributed by atoms with Gasteiger partial charge in [0, 0.05) is 30.4 Å². The Hall–Kier alpha value is -3.17. The van der Waals surface area contributed by atoms with Crippen molar-refractivity contribution in [3.8, 4) is 5.88 Å². The molecule has 4 N–H and O–H groups in total. The smallest absolute Gasteiger partial charge is 0.248 e. The zero-order chi connectivity index (χ0) is 21.6. The Morgan fingerprint density at radius 2 is 2.13 bits per heavy atom. The van der Waals surface area contributed by atoms with E-state index in [0.29, 0.717) is 36.0 Å². The van der Waals surface area contributed by atoms with Gasteiger partial charge in [0.1, 0.15) is 6.61 Å². The lowest BCUT2D eigenvalue weighted by atomic mass is 10.2. The Labute approximate surface area is 175 Å². The van der Waals surface area contributed by atoms with Crippen molar-refractivity contribution in [1.82, 2.24) is 4.98 Å². The largest absolute Gasteiger partial charge is 0.475 e. The highest BCUT2D eigenvalue weighted by molar-refractivity contribution is 5.93. The first-order valence-corrected chi connectivity index (χ1v) is 9.69. The molecule has 0 atom stereocenters. The molecule has 0 aliphatic carbocycles. The number of carbonyl (C=O) groups excluding carboxylic acids is 1. The molecule has 1 aromatic carbocycles. The van der Waals surface area contributed by atoms with Crippen LogP contribution in [-0.4, -0.2) is 60.7 Å². The molecular weight excluding hydrogens is 386 g/mol. The van der Waals surface area contributed by atoms with Crippen LogP contribution in [-0.2, 0) is 4.74 Å². The Morgan fingerprint density at radius 3 is 2.83 bits per heavy atom. The number of hydrogen-bond acceptors (Lipinski definition) is 8. The Bertz CT molecular complexity index is 905. The maximum absolute atomic E-state index is 11.3. The number of rotatable bonds is 8. The second kappa shape index (κ2) is 9.55. The zero-order valence-corrected chi connectivity index (χ0v) is 17.2. The number of pyridine rings is 1. The van der Waals surface area contributed by atoms with Crippen LogP contribution in [0.2, 0.25) is 0 Å². The lowest BCUT2D eigenvalue weighted by molar-refractivity contribution is 0.0268. The van der Waals surface area contributed by atoms with E-state index < -0.39 is 11.5 Å². The Morgan fingerprint density at radius 1 is 1.37 bits per heavy atom. The number of amides is 1. The highest BCUT2D eigenvalue weighted by atomic mass is 16.5. The molecule has 1 fully saturated rings. The van der Waals surface area contributed by atoms with E-state index in [4.69, 9.17) is 15.2 Å². The summed E-state index contributed by atoms with van der Waals surface area (Å²) in [7, 11) is 0. The molecule has 9 nitrogen and oxygen atoms in total. The first kappa shape index (κ1) is 21.5. The minimum absolute atomic E-state index is 0.112. The van der Waals surface area contributed by atoms with E-state index >= 15 is 0 Å². The van der Waals surface area contributed by atoms with Crippen molar-refractivity contribution in [3.63, 3.8) is 0 Å². The van der Waals surface area contributed by atoms with Gasteiger partial charge in [0.2, 0.25) is 11.8 Å². The minimum atomic E-state index is -0.974. The molecule has 2 aromatic rings. The third-order valence-electron chi connectivity index (χ3n) is 4.29. The van der Waals surface area contributed by atoms with E-state index in [9.17, 15) is 9.90 Å². The van der Waals surface area contributed by atoms with Gasteiger partial charge in [-0.25, -0.2) is 4.98 Å². The van der Waals surface area contributed by atoms with Gasteiger partial charge in [0.05, 0.1) is 36.4 Å². The monoisotopic (exact) mass is 413 g/mol. The molecule has 1 aliphatic heterocycles. The van der Waals surface area contributed by atoms with Crippen LogP contribution in [0.3, 0.4) is 0 Å². The topological polar surface area (TPSA) is 122 Å². The third-order valence-corrected chi connectivity index (χ3v) is 4.29. The van der Waals surface area contributed by atoms with Crippen LogP contribution in [0.5, 0.6) is 5.88 Å². The molecule has 160 valence electrons. The van der Waals surface area contributed by atoms with Gasteiger partial charge in [0.15, 0.2) is 0 Å². The van der Waals surface area contributed by atoms with Crippen LogP contribution in [0, 0.1) is 0 Å². The summed E-state index contributed by atoms with van der Waals surface area (Å²) < 4.78 is 11.1. The van der Waals surface area contributed by atoms with Crippen molar-refractivity contribution >= 4 is 23.5 Å². The van der Waals surface area contributed by atoms with Gasteiger partial charge in [-0.1, -0.05) is 6.07 Å². The predicted molar refractivity (Wildman–Crippen MR) is 115 cm³/mol. The molecule has 30 heavy (non-hydrogen) atoms. The number of carbonyl (C=O) groups is 1. The molecule has 9 heteroatoms. The van der Waals surface area contributed by atoms with Crippen LogP contribution >= 0.6 is 0 Å². The lowest BCUT2D eigenvalue weighted by Crippen LogP contribution is -2.36. The fourth-order valence-electron chi connectivity index (χ4n) is 2.82. The van der Waals surface area contributed by atoms with Gasteiger partial charge >= 0.3 is 0 Å². The number of aromatic nitrogens is 1. The standard InChI is InChI=1S/C21H27N5O4/c1-21(2,28)14-30-19-12-18(26-6-8-29-9-7-26)11-17(24-19)13-23-25-16-5-3-4-15(10-16)20(22)27/h3-5,10-13,25,28H,6-9,14H2,1-2H3,(H2,22,27)/b23-13+. The summed E-state index contributed by atoms with van der Waals surface area (Å²) in [5.41, 5.74) is 9.75. The average Bonchev–Trinajstić information content (AvgIpc) is 2.72. The number of nitrogens with two attached hydrogens (primary N) is 1. The summed E-state index contributed by atoms with van der Waals surface area (Å²) >= 11 is 0. The van der Waals surface area contributed by atoms with E-state index in [1.165, 1.54) is 0 Å². The van der Waals surface area contributed by atoms with Crippen molar-refractivity contribution in [2.24, 2.45) is 10.8 Å². The van der Waals surface area contributed by atoms with E-state index in [1.54, 1.807) is 44.3 Å². The highest BCUT2D eigenvalue weighted by Crippen LogP contribution is 2.22. The van der Waals surface area contributed by atoms with Gasteiger partial charge in [-0.2, -0.15) is 5.10 Å². The summed E-state index contributed by atoms with van der Waals surface area (Å²) in [5.74, 6) is -0.102. The van der Waals surface area contributed by atoms with E-state index in [1.807, 2.05) is 12.1 Å². The number of hydrazone groups is 1. The summed E-state index contributed by atoms with van der Waals surface area (Å²) in [6.07, 6.45) is 1.57. The molecule has 1 amide bonds. The fraction of sp³-hybridized carbons (Fsp3) is 0.381. The van der Waals surface area contributed by atoms with E-state index in [0.717, 1.165) is 18.8 Å². The van der Waals surface area contributed by atoms with Gasteiger partial charge < -0.3 is 25.2 Å². The Balaban J connectivity index is 1.78. The van der Waals surface area contributed by atoms with Crippen LogP contribution in [0.4, 0.5) is 11.4 Å². The predicted octanol–water partition coefficient (Wildman–Crippen LogP) is 1.61. The fourth-order valence-corrected chi connectivity index (χ4v) is 2.82. The molecule has 0 radical (unpaired) electrons. The van der Waals surface area contributed by atoms with Crippen molar-refractivity contribution < 1.29 is 19.4 Å². The average molecular weight is 413 g/mol. The number of morpholine rings is 1. The maximum Gasteiger partial charge on any atom is 0.248 e. The first-order chi connectivity index (χ1) is 14.3. The molecule has 0 unspecified atom stereocenters. The minimum Gasteiger partial charge on any atom is -0.475 e. The molecule has 0 spiro atoms. The summed E-state index contributed by atoms with van der Waals surface area (Å²) in [6.45, 7) is 6.30. The number of primary amides is 1. The molecule has 2 heterocycles. The Kier molecular flexibility index (Phi) is 6.86. The van der Waals surface area contributed by atoms with E-state index in [-0.39, 0.29) is 6.61 Å². The normalized spacial score (nSPS) is 14.7. The zero-order valence-electron chi connectivity index (χ0n) is 17.2. The molecule has 1 aromatic heterocycles. The molecule has 0 saturated carbocycles. The number of benzene rings is 1.